The maximum Gasteiger partial charge on any atom is 0.220 e. The van der Waals surface area contributed by atoms with Crippen LogP contribution < -0.4 is 20.7 Å². The first-order valence-electron chi connectivity index (χ1n) is 9.58. The summed E-state index contributed by atoms with van der Waals surface area (Å²) in [5.41, 5.74) is 2.29. The average molecular weight is 488 g/mol. The van der Waals surface area contributed by atoms with Gasteiger partial charge in [0, 0.05) is 38.2 Å². The maximum atomic E-state index is 11.7. The van der Waals surface area contributed by atoms with Gasteiger partial charge in [-0.3, -0.25) is 9.79 Å². The zero-order chi connectivity index (χ0) is 18.8. The number of guanidine groups is 1. The minimum Gasteiger partial charge on any atom is -0.493 e. The fourth-order valence-electron chi connectivity index (χ4n) is 2.54. The molecule has 1 aliphatic carbocycles. The Balaban J connectivity index is 0.00000364. The molecular formula is C20H33IN4O2. The molecule has 0 heterocycles. The second-order valence-corrected chi connectivity index (χ2v) is 6.76. The molecule has 27 heavy (non-hydrogen) atoms. The van der Waals surface area contributed by atoms with Crippen LogP contribution in [0.3, 0.4) is 0 Å². The molecule has 0 bridgehead atoms. The van der Waals surface area contributed by atoms with Crippen LogP contribution in [-0.2, 0) is 11.3 Å². The summed E-state index contributed by atoms with van der Waals surface area (Å²) < 4.78 is 5.85. The number of halogens is 1. The number of carbonyl (C=O) groups excluding carboxylic acids is 1. The number of benzene rings is 1. The Kier molecular flexibility index (Phi) is 11.2. The summed E-state index contributed by atoms with van der Waals surface area (Å²) in [7, 11) is 1.75. The van der Waals surface area contributed by atoms with Crippen LogP contribution in [-0.4, -0.2) is 38.1 Å². The van der Waals surface area contributed by atoms with Crippen molar-refractivity contribution in [2.24, 2.45) is 4.99 Å². The molecule has 7 heteroatoms. The lowest BCUT2D eigenvalue weighted by Gasteiger charge is -2.15. The average Bonchev–Trinajstić information content (AvgIpc) is 3.44. The van der Waals surface area contributed by atoms with E-state index in [0.717, 1.165) is 43.0 Å². The Hall–Kier alpha value is -1.51. The van der Waals surface area contributed by atoms with Gasteiger partial charge >= 0.3 is 0 Å². The molecule has 0 aromatic heterocycles. The molecule has 0 saturated heterocycles. The van der Waals surface area contributed by atoms with Gasteiger partial charge < -0.3 is 20.7 Å². The first kappa shape index (κ1) is 23.5. The standard InChI is InChI=1S/C20H32N4O2.HI/c1-4-12-26-18-13-15(2)7-8-16(18)14-23-20(21-3)22-11-5-6-19(25)24-17-9-10-17;/h7-8,13,17H,4-6,9-12,14H2,1-3H3,(H,24,25)(H2,21,22,23);1H. The largest absolute Gasteiger partial charge is 0.493 e. The van der Waals surface area contributed by atoms with Crippen molar-refractivity contribution in [3.63, 3.8) is 0 Å². The van der Waals surface area contributed by atoms with Crippen LogP contribution in [0.4, 0.5) is 0 Å². The Morgan fingerprint density at radius 1 is 1.30 bits per heavy atom. The molecule has 1 aliphatic rings. The van der Waals surface area contributed by atoms with Crippen molar-refractivity contribution in [1.29, 1.82) is 0 Å². The summed E-state index contributed by atoms with van der Waals surface area (Å²) >= 11 is 0. The minimum atomic E-state index is 0. The lowest BCUT2D eigenvalue weighted by atomic mass is 10.1. The van der Waals surface area contributed by atoms with Crippen LogP contribution in [0.25, 0.3) is 0 Å². The van der Waals surface area contributed by atoms with E-state index in [0.29, 0.717) is 32.2 Å². The fourth-order valence-corrected chi connectivity index (χ4v) is 2.54. The highest BCUT2D eigenvalue weighted by atomic mass is 127. The van der Waals surface area contributed by atoms with Gasteiger partial charge in [-0.15, -0.1) is 24.0 Å². The Morgan fingerprint density at radius 2 is 2.07 bits per heavy atom. The molecule has 6 nitrogen and oxygen atoms in total. The van der Waals surface area contributed by atoms with Crippen LogP contribution in [0.5, 0.6) is 5.75 Å². The van der Waals surface area contributed by atoms with Gasteiger partial charge in [-0.1, -0.05) is 19.1 Å². The zero-order valence-corrected chi connectivity index (χ0v) is 19.0. The summed E-state index contributed by atoms with van der Waals surface area (Å²) in [5.74, 6) is 1.80. The number of nitrogens with zero attached hydrogens (tertiary/aromatic N) is 1. The van der Waals surface area contributed by atoms with Crippen LogP contribution in [0.15, 0.2) is 23.2 Å². The van der Waals surface area contributed by atoms with E-state index in [1.54, 1.807) is 7.05 Å². The molecule has 1 saturated carbocycles. The van der Waals surface area contributed by atoms with Gasteiger partial charge in [0.15, 0.2) is 5.96 Å². The molecule has 1 aromatic carbocycles. The number of rotatable bonds is 10. The molecule has 3 N–H and O–H groups in total. The van der Waals surface area contributed by atoms with Crippen molar-refractivity contribution in [3.8, 4) is 5.75 Å². The topological polar surface area (TPSA) is 74.8 Å². The molecule has 0 radical (unpaired) electrons. The van der Waals surface area contributed by atoms with Gasteiger partial charge in [0.2, 0.25) is 5.91 Å². The zero-order valence-electron chi connectivity index (χ0n) is 16.6. The van der Waals surface area contributed by atoms with E-state index in [4.69, 9.17) is 4.74 Å². The van der Waals surface area contributed by atoms with E-state index in [1.165, 1.54) is 5.56 Å². The van der Waals surface area contributed by atoms with Crippen molar-refractivity contribution in [2.75, 3.05) is 20.2 Å². The maximum absolute atomic E-state index is 11.7. The lowest BCUT2D eigenvalue weighted by molar-refractivity contribution is -0.121. The minimum absolute atomic E-state index is 0. The van der Waals surface area contributed by atoms with Crippen molar-refractivity contribution in [3.05, 3.63) is 29.3 Å². The SMILES string of the molecule is CCCOc1cc(C)ccc1CNC(=NC)NCCCC(=O)NC1CC1.I. The van der Waals surface area contributed by atoms with E-state index in [9.17, 15) is 4.79 Å². The highest BCUT2D eigenvalue weighted by Gasteiger charge is 2.22. The third-order valence-electron chi connectivity index (χ3n) is 4.17. The van der Waals surface area contributed by atoms with Crippen molar-refractivity contribution >= 4 is 35.8 Å². The number of hydrogen-bond acceptors (Lipinski definition) is 3. The molecular weight excluding hydrogens is 455 g/mol. The number of aryl methyl sites for hydroxylation is 1. The monoisotopic (exact) mass is 488 g/mol. The fraction of sp³-hybridized carbons (Fsp3) is 0.600. The third-order valence-corrected chi connectivity index (χ3v) is 4.17. The summed E-state index contributed by atoms with van der Waals surface area (Å²) in [6.45, 7) is 6.23. The Morgan fingerprint density at radius 3 is 2.74 bits per heavy atom. The predicted octanol–water partition coefficient (Wildman–Crippen LogP) is 3.13. The lowest BCUT2D eigenvalue weighted by Crippen LogP contribution is -2.37. The summed E-state index contributed by atoms with van der Waals surface area (Å²) in [6, 6.07) is 6.68. The number of hydrogen-bond donors (Lipinski definition) is 3. The number of nitrogens with one attached hydrogen (secondary N) is 3. The molecule has 1 fully saturated rings. The van der Waals surface area contributed by atoms with Gasteiger partial charge in [-0.2, -0.15) is 0 Å². The van der Waals surface area contributed by atoms with E-state index in [-0.39, 0.29) is 29.9 Å². The summed E-state index contributed by atoms with van der Waals surface area (Å²) in [5, 5.41) is 9.57. The molecule has 0 atom stereocenters. The molecule has 1 amide bonds. The van der Waals surface area contributed by atoms with Gasteiger partial charge in [0.05, 0.1) is 6.61 Å². The quantitative estimate of drug-likeness (QED) is 0.205. The molecule has 0 aliphatic heterocycles. The van der Waals surface area contributed by atoms with Crippen molar-refractivity contribution in [2.45, 2.75) is 58.5 Å². The van der Waals surface area contributed by atoms with Crippen LogP contribution in [0.1, 0.15) is 50.2 Å². The van der Waals surface area contributed by atoms with Crippen LogP contribution in [0, 0.1) is 6.92 Å². The van der Waals surface area contributed by atoms with Crippen LogP contribution in [0.2, 0.25) is 0 Å². The number of carbonyl (C=O) groups is 1. The second kappa shape index (κ2) is 12.8. The van der Waals surface area contributed by atoms with Crippen molar-refractivity contribution in [1.82, 2.24) is 16.0 Å². The van der Waals surface area contributed by atoms with E-state index in [1.807, 2.05) is 0 Å². The van der Waals surface area contributed by atoms with Gasteiger partial charge in [-0.05, 0) is 44.2 Å². The first-order valence-corrected chi connectivity index (χ1v) is 9.58. The van der Waals surface area contributed by atoms with E-state index >= 15 is 0 Å². The molecule has 152 valence electrons. The smallest absolute Gasteiger partial charge is 0.220 e. The molecule has 2 rings (SSSR count). The van der Waals surface area contributed by atoms with Gasteiger partial charge in [0.25, 0.3) is 0 Å². The highest BCUT2D eigenvalue weighted by Crippen LogP contribution is 2.20. The Labute approximate surface area is 179 Å². The van der Waals surface area contributed by atoms with Crippen LogP contribution >= 0.6 is 24.0 Å². The molecule has 0 spiro atoms. The first-order chi connectivity index (χ1) is 12.6. The predicted molar refractivity (Wildman–Crippen MR) is 121 cm³/mol. The van der Waals surface area contributed by atoms with E-state index < -0.39 is 0 Å². The van der Waals surface area contributed by atoms with Gasteiger partial charge in [-0.25, -0.2) is 0 Å². The van der Waals surface area contributed by atoms with Gasteiger partial charge in [0.1, 0.15) is 5.75 Å². The van der Waals surface area contributed by atoms with Crippen molar-refractivity contribution < 1.29 is 9.53 Å². The second-order valence-electron chi connectivity index (χ2n) is 6.76. The number of aliphatic imine (C=N–C) groups is 1. The summed E-state index contributed by atoms with van der Waals surface area (Å²) in [4.78, 5) is 15.9. The highest BCUT2D eigenvalue weighted by molar-refractivity contribution is 14.0. The number of ether oxygens (including phenoxy) is 1. The molecule has 1 aromatic rings. The number of amides is 1. The third kappa shape index (κ3) is 9.30. The normalized spacial score (nSPS) is 13.5. The van der Waals surface area contributed by atoms with E-state index in [2.05, 4.69) is 53.0 Å². The molecule has 0 unspecified atom stereocenters. The summed E-state index contributed by atoms with van der Waals surface area (Å²) in [6.07, 6.45) is 4.58. The Bertz CT molecular complexity index is 618.